The fraction of sp³-hybridized carbons (Fsp3) is 0.750. The molecule has 0 saturated carbocycles. The number of nitrogens with zero attached hydrogens (tertiary/aromatic N) is 2. The predicted molar refractivity (Wildman–Crippen MR) is 82.3 cm³/mol. The number of oxazole rings is 1. The van der Waals surface area contributed by atoms with Crippen LogP contribution in [0.15, 0.2) is 10.7 Å². The van der Waals surface area contributed by atoms with Crippen LogP contribution < -0.4 is 5.32 Å². The Morgan fingerprint density at radius 1 is 1.48 bits per heavy atom. The van der Waals surface area contributed by atoms with E-state index in [-0.39, 0.29) is 5.91 Å². The summed E-state index contributed by atoms with van der Waals surface area (Å²) in [4.78, 5) is 18.5. The molecule has 1 atom stereocenters. The molecule has 0 bridgehead atoms. The molecule has 0 radical (unpaired) electrons. The normalized spacial score (nSPS) is 19.6. The summed E-state index contributed by atoms with van der Waals surface area (Å²) in [6, 6.07) is 0.718. The van der Waals surface area contributed by atoms with Crippen LogP contribution in [0, 0.1) is 0 Å². The molecular formula is C16H27N3O2. The number of aryl methyl sites for hydroxylation is 1. The highest BCUT2D eigenvalue weighted by Gasteiger charge is 2.17. The number of rotatable bonds is 7. The summed E-state index contributed by atoms with van der Waals surface area (Å²) in [6.07, 6.45) is 8.29. The van der Waals surface area contributed by atoms with Gasteiger partial charge in [0.1, 0.15) is 6.26 Å². The molecule has 1 amide bonds. The van der Waals surface area contributed by atoms with Crippen molar-refractivity contribution in [2.75, 3.05) is 19.6 Å². The lowest BCUT2D eigenvalue weighted by molar-refractivity contribution is 0.0946. The molecule has 1 saturated heterocycles. The van der Waals surface area contributed by atoms with Crippen LogP contribution in [0.4, 0.5) is 0 Å². The third kappa shape index (κ3) is 4.84. The molecule has 21 heavy (non-hydrogen) atoms. The maximum absolute atomic E-state index is 11.8. The largest absolute Gasteiger partial charge is 0.448 e. The molecule has 1 aliphatic rings. The van der Waals surface area contributed by atoms with Crippen LogP contribution in [-0.2, 0) is 6.42 Å². The molecule has 1 aliphatic heterocycles. The molecular weight excluding hydrogens is 266 g/mol. The van der Waals surface area contributed by atoms with Gasteiger partial charge < -0.3 is 14.6 Å². The van der Waals surface area contributed by atoms with Gasteiger partial charge in [0.05, 0.1) is 0 Å². The maximum Gasteiger partial charge on any atom is 0.273 e. The van der Waals surface area contributed by atoms with E-state index in [0.717, 1.165) is 25.4 Å². The van der Waals surface area contributed by atoms with Gasteiger partial charge in [-0.2, -0.15) is 0 Å². The summed E-state index contributed by atoms with van der Waals surface area (Å²) in [5, 5.41) is 2.91. The Hall–Kier alpha value is -1.36. The molecule has 118 valence electrons. The summed E-state index contributed by atoms with van der Waals surface area (Å²) < 4.78 is 5.17. The fourth-order valence-electron chi connectivity index (χ4n) is 2.80. The van der Waals surface area contributed by atoms with Crippen molar-refractivity contribution < 1.29 is 9.21 Å². The Kier molecular flexibility index (Phi) is 6.23. The highest BCUT2D eigenvalue weighted by atomic mass is 16.3. The lowest BCUT2D eigenvalue weighted by Crippen LogP contribution is -2.38. The molecule has 1 N–H and O–H groups in total. The van der Waals surface area contributed by atoms with Gasteiger partial charge in [0.2, 0.25) is 0 Å². The summed E-state index contributed by atoms with van der Waals surface area (Å²) >= 11 is 0. The van der Waals surface area contributed by atoms with Crippen molar-refractivity contribution in [1.82, 2.24) is 15.2 Å². The second kappa shape index (κ2) is 8.17. The zero-order valence-electron chi connectivity index (χ0n) is 13.2. The van der Waals surface area contributed by atoms with Gasteiger partial charge in [-0.05, 0) is 45.7 Å². The third-order valence-electron chi connectivity index (χ3n) is 4.19. The van der Waals surface area contributed by atoms with Crippen molar-refractivity contribution in [3.63, 3.8) is 0 Å². The zero-order chi connectivity index (χ0) is 15.1. The van der Waals surface area contributed by atoms with Crippen molar-refractivity contribution in [2.24, 2.45) is 0 Å². The number of amides is 1. The van der Waals surface area contributed by atoms with Gasteiger partial charge in [-0.25, -0.2) is 4.98 Å². The van der Waals surface area contributed by atoms with Gasteiger partial charge in [-0.15, -0.1) is 0 Å². The average molecular weight is 293 g/mol. The number of aromatic nitrogens is 1. The molecule has 0 aliphatic carbocycles. The lowest BCUT2D eigenvalue weighted by Gasteiger charge is -2.33. The maximum atomic E-state index is 11.8. The predicted octanol–water partition coefficient (Wildman–Crippen LogP) is 2.62. The van der Waals surface area contributed by atoms with Crippen LogP contribution in [0.3, 0.4) is 0 Å². The first-order valence-electron chi connectivity index (χ1n) is 8.17. The molecule has 1 fully saturated rings. The Balaban J connectivity index is 1.60. The summed E-state index contributed by atoms with van der Waals surface area (Å²) in [5.41, 5.74) is 0.386. The molecule has 0 aromatic carbocycles. The molecule has 5 heteroatoms. The van der Waals surface area contributed by atoms with Crippen LogP contribution in [0.25, 0.3) is 0 Å². The Labute approximate surface area is 127 Å². The highest BCUT2D eigenvalue weighted by molar-refractivity contribution is 5.91. The average Bonchev–Trinajstić information content (AvgIpc) is 2.97. The van der Waals surface area contributed by atoms with Crippen molar-refractivity contribution in [3.05, 3.63) is 17.8 Å². The minimum absolute atomic E-state index is 0.134. The van der Waals surface area contributed by atoms with Crippen LogP contribution in [-0.4, -0.2) is 41.5 Å². The van der Waals surface area contributed by atoms with E-state index in [4.69, 9.17) is 4.42 Å². The van der Waals surface area contributed by atoms with E-state index in [2.05, 4.69) is 22.1 Å². The molecule has 0 spiro atoms. The number of carbonyl (C=O) groups is 1. The minimum Gasteiger partial charge on any atom is -0.448 e. The number of carbonyl (C=O) groups excluding carboxylic acids is 1. The van der Waals surface area contributed by atoms with E-state index >= 15 is 0 Å². The first kappa shape index (κ1) is 16.0. The van der Waals surface area contributed by atoms with Crippen molar-refractivity contribution in [3.8, 4) is 0 Å². The number of hydrogen-bond donors (Lipinski definition) is 1. The molecule has 1 aromatic heterocycles. The summed E-state index contributed by atoms with van der Waals surface area (Å²) in [6.45, 7) is 7.34. The van der Waals surface area contributed by atoms with E-state index in [1.54, 1.807) is 0 Å². The van der Waals surface area contributed by atoms with E-state index in [1.807, 2.05) is 6.92 Å². The molecule has 2 heterocycles. The highest BCUT2D eigenvalue weighted by Crippen LogP contribution is 2.16. The van der Waals surface area contributed by atoms with Crippen LogP contribution >= 0.6 is 0 Å². The zero-order valence-corrected chi connectivity index (χ0v) is 13.2. The monoisotopic (exact) mass is 293 g/mol. The van der Waals surface area contributed by atoms with Gasteiger partial charge in [0.15, 0.2) is 11.6 Å². The summed E-state index contributed by atoms with van der Waals surface area (Å²) in [5.74, 6) is 0.476. The first-order chi connectivity index (χ1) is 10.2. The number of likely N-dealkylation sites (tertiary alicyclic amines) is 1. The van der Waals surface area contributed by atoms with E-state index in [1.165, 1.54) is 32.1 Å². The number of unbranched alkanes of at least 4 members (excludes halogenated alkanes) is 1. The standard InChI is InChI=1S/C16H27N3O2/c1-3-15-18-14(12-21-15)16(20)17-9-5-7-11-19-10-6-4-8-13(19)2/h12-13H,3-11H2,1-2H3,(H,17,20). The van der Waals surface area contributed by atoms with Gasteiger partial charge in [0.25, 0.3) is 5.91 Å². The molecule has 1 unspecified atom stereocenters. The van der Waals surface area contributed by atoms with Crippen molar-refractivity contribution in [1.29, 1.82) is 0 Å². The van der Waals surface area contributed by atoms with Gasteiger partial charge in [-0.1, -0.05) is 13.3 Å². The molecule has 1 aromatic rings. The lowest BCUT2D eigenvalue weighted by atomic mass is 10.0. The van der Waals surface area contributed by atoms with Crippen molar-refractivity contribution in [2.45, 2.75) is 58.4 Å². The number of nitrogens with one attached hydrogen (secondary N) is 1. The van der Waals surface area contributed by atoms with E-state index in [0.29, 0.717) is 24.6 Å². The van der Waals surface area contributed by atoms with Gasteiger partial charge in [-0.3, -0.25) is 4.79 Å². The Morgan fingerprint density at radius 2 is 2.33 bits per heavy atom. The topological polar surface area (TPSA) is 58.4 Å². The van der Waals surface area contributed by atoms with E-state index in [9.17, 15) is 4.79 Å². The van der Waals surface area contributed by atoms with Crippen LogP contribution in [0.1, 0.15) is 62.3 Å². The molecule has 5 nitrogen and oxygen atoms in total. The van der Waals surface area contributed by atoms with Crippen LogP contribution in [0.5, 0.6) is 0 Å². The second-order valence-electron chi connectivity index (χ2n) is 5.82. The second-order valence-corrected chi connectivity index (χ2v) is 5.82. The minimum atomic E-state index is -0.134. The summed E-state index contributed by atoms with van der Waals surface area (Å²) in [7, 11) is 0. The SMILES string of the molecule is CCc1nc(C(=O)NCCCCN2CCCCC2C)co1. The van der Waals surface area contributed by atoms with Gasteiger partial charge in [0, 0.05) is 19.0 Å². The first-order valence-corrected chi connectivity index (χ1v) is 8.17. The molecule has 2 rings (SSSR count). The number of hydrogen-bond acceptors (Lipinski definition) is 4. The van der Waals surface area contributed by atoms with Crippen LogP contribution in [0.2, 0.25) is 0 Å². The Bertz CT molecular complexity index is 444. The Morgan fingerprint density at radius 3 is 3.05 bits per heavy atom. The smallest absolute Gasteiger partial charge is 0.273 e. The fourth-order valence-corrected chi connectivity index (χ4v) is 2.80. The van der Waals surface area contributed by atoms with Gasteiger partial charge >= 0.3 is 0 Å². The number of piperidine rings is 1. The van der Waals surface area contributed by atoms with E-state index < -0.39 is 0 Å². The quantitative estimate of drug-likeness (QED) is 0.785. The van der Waals surface area contributed by atoms with Crippen molar-refractivity contribution >= 4 is 5.91 Å². The third-order valence-corrected chi connectivity index (χ3v) is 4.19.